The fourth-order valence-electron chi connectivity index (χ4n) is 5.93. The summed E-state index contributed by atoms with van der Waals surface area (Å²) in [7, 11) is 3.16. The summed E-state index contributed by atoms with van der Waals surface area (Å²) >= 11 is 0. The van der Waals surface area contributed by atoms with Crippen LogP contribution in [-0.4, -0.2) is 93.8 Å². The Morgan fingerprint density at radius 3 is 2.34 bits per heavy atom. The fourth-order valence-corrected chi connectivity index (χ4v) is 6.76. The van der Waals surface area contributed by atoms with Gasteiger partial charge in [-0.2, -0.15) is 0 Å². The third kappa shape index (κ3) is 4.86. The minimum atomic E-state index is 0.0914. The molecule has 7 nitrogen and oxygen atoms in total. The molecule has 4 rings (SSSR count). The average molecular weight is 461 g/mol. The van der Waals surface area contributed by atoms with Crippen molar-refractivity contribution in [2.45, 2.75) is 70.7 Å². The van der Waals surface area contributed by atoms with Gasteiger partial charge in [-0.05, 0) is 72.4 Å². The van der Waals surface area contributed by atoms with Crippen molar-refractivity contribution in [3.05, 3.63) is 23.3 Å². The molecular formula is C24H41N6OP. The molecule has 4 heterocycles. The van der Waals surface area contributed by atoms with Crippen LogP contribution >= 0.6 is 9.24 Å². The number of aryl methyl sites for hydroxylation is 2. The largest absolute Gasteiger partial charge is 0.338 e. The van der Waals surface area contributed by atoms with Crippen molar-refractivity contribution in [3.63, 3.8) is 0 Å². The molecule has 8 heteroatoms. The molecule has 1 amide bonds. The summed E-state index contributed by atoms with van der Waals surface area (Å²) in [5.74, 6) is 1.46. The molecule has 178 valence electrons. The van der Waals surface area contributed by atoms with E-state index in [4.69, 9.17) is 0 Å². The number of likely N-dealkylation sites (tertiary alicyclic amines) is 1. The van der Waals surface area contributed by atoms with Gasteiger partial charge in [0.1, 0.15) is 6.33 Å². The maximum atomic E-state index is 13.2. The summed E-state index contributed by atoms with van der Waals surface area (Å²) in [5.41, 5.74) is 2.41. The summed E-state index contributed by atoms with van der Waals surface area (Å²) in [6, 6.07) is 0.560. The predicted octanol–water partition coefficient (Wildman–Crippen LogP) is 2.30. The van der Waals surface area contributed by atoms with Gasteiger partial charge in [-0.1, -0.05) is 0 Å². The zero-order chi connectivity index (χ0) is 22.9. The summed E-state index contributed by atoms with van der Waals surface area (Å²) in [6.45, 7) is 15.9. The van der Waals surface area contributed by atoms with E-state index in [-0.39, 0.29) is 11.4 Å². The Morgan fingerprint density at radius 2 is 1.75 bits per heavy atom. The van der Waals surface area contributed by atoms with Crippen LogP contribution in [0.2, 0.25) is 0 Å². The molecule has 0 aromatic carbocycles. The zero-order valence-corrected chi connectivity index (χ0v) is 21.5. The molecule has 1 aromatic rings. The highest BCUT2D eigenvalue weighted by Crippen LogP contribution is 2.34. The van der Waals surface area contributed by atoms with Crippen LogP contribution in [0, 0.1) is 19.8 Å². The van der Waals surface area contributed by atoms with E-state index < -0.39 is 0 Å². The van der Waals surface area contributed by atoms with Gasteiger partial charge < -0.3 is 10.2 Å². The van der Waals surface area contributed by atoms with E-state index in [1.54, 1.807) is 6.33 Å². The SMILES string of the molecule is Cc1ncnc(C)c1C(=O)N1CCC(C)(N2CCN([C@@H](P)C3CCNCC3)C(C)C2)CC1. The lowest BCUT2D eigenvalue weighted by Crippen LogP contribution is -2.63. The molecule has 3 aliphatic rings. The number of carbonyl (C=O) groups excluding carboxylic acids is 1. The summed E-state index contributed by atoms with van der Waals surface area (Å²) in [5, 5.41) is 3.50. The Morgan fingerprint density at radius 1 is 1.12 bits per heavy atom. The van der Waals surface area contributed by atoms with Gasteiger partial charge in [-0.3, -0.25) is 14.6 Å². The highest BCUT2D eigenvalue weighted by Gasteiger charge is 2.41. The Balaban J connectivity index is 1.34. The van der Waals surface area contributed by atoms with Gasteiger partial charge in [0, 0.05) is 50.1 Å². The molecule has 3 aliphatic heterocycles. The zero-order valence-electron chi connectivity index (χ0n) is 20.3. The van der Waals surface area contributed by atoms with E-state index in [1.807, 2.05) is 18.7 Å². The molecule has 0 radical (unpaired) electrons. The van der Waals surface area contributed by atoms with E-state index >= 15 is 0 Å². The molecule has 3 saturated heterocycles. The number of rotatable bonds is 4. The first kappa shape index (κ1) is 24.0. The lowest BCUT2D eigenvalue weighted by molar-refractivity contribution is -0.0265. The Labute approximate surface area is 195 Å². The number of piperidine rings is 2. The fraction of sp³-hybridized carbons (Fsp3) is 0.792. The van der Waals surface area contributed by atoms with Crippen LogP contribution < -0.4 is 5.32 Å². The lowest BCUT2D eigenvalue weighted by atomic mass is 9.86. The number of hydrogen-bond donors (Lipinski definition) is 1. The third-order valence-electron chi connectivity index (χ3n) is 8.26. The first-order chi connectivity index (χ1) is 15.3. The predicted molar refractivity (Wildman–Crippen MR) is 132 cm³/mol. The Bertz CT molecular complexity index is 785. The van der Waals surface area contributed by atoms with Crippen LogP contribution in [0.15, 0.2) is 6.33 Å². The van der Waals surface area contributed by atoms with Crippen molar-refractivity contribution in [3.8, 4) is 0 Å². The van der Waals surface area contributed by atoms with E-state index in [0.717, 1.165) is 76.0 Å². The normalized spacial score (nSPS) is 26.8. The topological polar surface area (TPSA) is 64.6 Å². The molecule has 0 aliphatic carbocycles. The van der Waals surface area contributed by atoms with Gasteiger partial charge in [-0.25, -0.2) is 9.97 Å². The Kier molecular flexibility index (Phi) is 7.50. The molecule has 1 N–H and O–H groups in total. The minimum absolute atomic E-state index is 0.0914. The van der Waals surface area contributed by atoms with Gasteiger partial charge in [0.05, 0.1) is 17.0 Å². The van der Waals surface area contributed by atoms with Crippen LogP contribution in [0.4, 0.5) is 0 Å². The molecule has 32 heavy (non-hydrogen) atoms. The molecule has 1 aromatic heterocycles. The summed E-state index contributed by atoms with van der Waals surface area (Å²) in [6.07, 6.45) is 6.16. The smallest absolute Gasteiger partial charge is 0.257 e. The monoisotopic (exact) mass is 460 g/mol. The van der Waals surface area contributed by atoms with Crippen molar-refractivity contribution < 1.29 is 4.79 Å². The van der Waals surface area contributed by atoms with Crippen LogP contribution in [0.25, 0.3) is 0 Å². The van der Waals surface area contributed by atoms with Crippen LogP contribution in [0.3, 0.4) is 0 Å². The minimum Gasteiger partial charge on any atom is -0.338 e. The number of nitrogens with zero attached hydrogens (tertiary/aromatic N) is 5. The van der Waals surface area contributed by atoms with Crippen LogP contribution in [0.1, 0.15) is 61.3 Å². The second kappa shape index (κ2) is 10.0. The quantitative estimate of drug-likeness (QED) is 0.696. The van der Waals surface area contributed by atoms with Gasteiger partial charge >= 0.3 is 0 Å². The number of nitrogens with one attached hydrogen (secondary N) is 1. The molecule has 0 bridgehead atoms. The van der Waals surface area contributed by atoms with E-state index in [1.165, 1.54) is 12.8 Å². The van der Waals surface area contributed by atoms with Crippen molar-refractivity contribution in [2.75, 3.05) is 45.8 Å². The van der Waals surface area contributed by atoms with E-state index in [2.05, 4.69) is 48.2 Å². The Hall–Kier alpha value is -1.14. The summed E-state index contributed by atoms with van der Waals surface area (Å²) in [4.78, 5) is 29.1. The number of piperazine rings is 1. The molecule has 3 fully saturated rings. The highest BCUT2D eigenvalue weighted by atomic mass is 31.0. The van der Waals surface area contributed by atoms with Crippen molar-refractivity contribution in [2.24, 2.45) is 5.92 Å². The molecule has 0 spiro atoms. The van der Waals surface area contributed by atoms with Gasteiger partial charge in [0.2, 0.25) is 0 Å². The van der Waals surface area contributed by atoms with E-state index in [9.17, 15) is 4.79 Å². The standard InChI is InChI=1S/C24H41N6OP/c1-17-15-29(13-14-30(17)23(32)20-5-9-25-10-6-20)24(4)7-11-28(12-8-24)22(31)21-18(2)26-16-27-19(21)3/h16-17,20,23,25H,5-15,32H2,1-4H3/t17?,23-/m0/s1. The highest BCUT2D eigenvalue weighted by molar-refractivity contribution is 7.17. The van der Waals surface area contributed by atoms with Crippen molar-refractivity contribution in [1.82, 2.24) is 30.0 Å². The van der Waals surface area contributed by atoms with Crippen molar-refractivity contribution in [1.29, 1.82) is 0 Å². The van der Waals surface area contributed by atoms with Crippen LogP contribution in [0.5, 0.6) is 0 Å². The molecule has 0 saturated carbocycles. The second-order valence-corrected chi connectivity index (χ2v) is 11.0. The van der Waals surface area contributed by atoms with Gasteiger partial charge in [0.25, 0.3) is 5.91 Å². The number of amides is 1. The third-order valence-corrected chi connectivity index (χ3v) is 9.19. The maximum Gasteiger partial charge on any atom is 0.257 e. The summed E-state index contributed by atoms with van der Waals surface area (Å²) < 4.78 is 0. The first-order valence-corrected chi connectivity index (χ1v) is 13.0. The lowest BCUT2D eigenvalue weighted by Gasteiger charge is -2.53. The maximum absolute atomic E-state index is 13.2. The number of hydrogen-bond acceptors (Lipinski definition) is 6. The first-order valence-electron chi connectivity index (χ1n) is 12.3. The molecular weight excluding hydrogens is 419 g/mol. The van der Waals surface area contributed by atoms with Crippen LogP contribution in [-0.2, 0) is 0 Å². The number of aromatic nitrogens is 2. The van der Waals surface area contributed by atoms with E-state index in [0.29, 0.717) is 17.4 Å². The molecule has 2 unspecified atom stereocenters. The number of carbonyl (C=O) groups is 1. The van der Waals surface area contributed by atoms with Crippen molar-refractivity contribution >= 4 is 15.1 Å². The second-order valence-electron chi connectivity index (χ2n) is 10.3. The van der Waals surface area contributed by atoms with Gasteiger partial charge in [0.15, 0.2) is 0 Å². The molecule has 3 atom stereocenters. The average Bonchev–Trinajstić information content (AvgIpc) is 2.79. The van der Waals surface area contributed by atoms with Gasteiger partial charge in [-0.15, -0.1) is 9.24 Å².